The number of nitrogens with one attached hydrogen (secondary N) is 1. The lowest BCUT2D eigenvalue weighted by Gasteiger charge is -2.28. The Labute approximate surface area is 190 Å². The summed E-state index contributed by atoms with van der Waals surface area (Å²) in [4.78, 5) is 18.9. The van der Waals surface area contributed by atoms with Gasteiger partial charge in [-0.15, -0.1) is 0 Å². The largest absolute Gasteiger partial charge is 0.497 e. The Balaban J connectivity index is 1.81. The van der Waals surface area contributed by atoms with Crippen molar-refractivity contribution >= 4 is 16.8 Å². The number of carbonyl (C=O) groups is 1. The molecule has 0 unspecified atom stereocenters. The van der Waals surface area contributed by atoms with Crippen molar-refractivity contribution in [2.45, 2.75) is 46.3 Å². The van der Waals surface area contributed by atoms with Crippen LogP contribution in [-0.4, -0.2) is 42.2 Å². The summed E-state index contributed by atoms with van der Waals surface area (Å²) in [5, 5.41) is 1.14. The minimum Gasteiger partial charge on any atom is -0.497 e. The SMILES string of the molecule is COc1cccc(-c2[nH]c3ccccc3c2[C@H]2C(C)=C(C)C(=O)N2CCCOC(C)C)c1. The molecule has 0 aliphatic carbocycles. The molecule has 3 aromatic rings. The first-order valence-electron chi connectivity index (χ1n) is 11.3. The monoisotopic (exact) mass is 432 g/mol. The number of benzene rings is 2. The number of aromatic amines is 1. The third kappa shape index (κ3) is 4.05. The molecule has 1 amide bonds. The normalized spacial score (nSPS) is 16.6. The van der Waals surface area contributed by atoms with Crippen molar-refractivity contribution in [3.63, 3.8) is 0 Å². The molecule has 5 nitrogen and oxygen atoms in total. The van der Waals surface area contributed by atoms with Crippen molar-refractivity contribution in [1.29, 1.82) is 0 Å². The summed E-state index contributed by atoms with van der Waals surface area (Å²) in [6.07, 6.45) is 0.993. The van der Waals surface area contributed by atoms with Crippen molar-refractivity contribution in [2.75, 3.05) is 20.3 Å². The minimum atomic E-state index is -0.112. The van der Waals surface area contributed by atoms with Gasteiger partial charge in [0, 0.05) is 40.8 Å². The van der Waals surface area contributed by atoms with Gasteiger partial charge in [-0.3, -0.25) is 4.79 Å². The Morgan fingerprint density at radius 2 is 1.88 bits per heavy atom. The van der Waals surface area contributed by atoms with Crippen LogP contribution in [0.15, 0.2) is 59.7 Å². The first-order valence-corrected chi connectivity index (χ1v) is 11.3. The van der Waals surface area contributed by atoms with Crippen LogP contribution in [0.25, 0.3) is 22.2 Å². The quantitative estimate of drug-likeness (QED) is 0.452. The zero-order valence-electron chi connectivity index (χ0n) is 19.6. The first kappa shape index (κ1) is 22.2. The molecule has 0 fully saturated rings. The number of H-pyrrole nitrogens is 1. The van der Waals surface area contributed by atoms with E-state index in [1.807, 2.05) is 49.9 Å². The summed E-state index contributed by atoms with van der Waals surface area (Å²) >= 11 is 0. The number of fused-ring (bicyclic) bond motifs is 1. The molecular formula is C27H32N2O3. The summed E-state index contributed by atoms with van der Waals surface area (Å²) in [5.74, 6) is 0.916. The van der Waals surface area contributed by atoms with E-state index in [0.717, 1.165) is 51.0 Å². The van der Waals surface area contributed by atoms with Crippen LogP contribution in [0.3, 0.4) is 0 Å². The first-order chi connectivity index (χ1) is 15.4. The van der Waals surface area contributed by atoms with Gasteiger partial charge in [0.05, 0.1) is 24.9 Å². The molecule has 2 aromatic carbocycles. The lowest BCUT2D eigenvalue weighted by atomic mass is 9.93. The number of carbonyl (C=O) groups excluding carboxylic acids is 1. The summed E-state index contributed by atoms with van der Waals surface area (Å²) in [6, 6.07) is 16.3. The maximum absolute atomic E-state index is 13.2. The van der Waals surface area contributed by atoms with E-state index in [1.165, 1.54) is 0 Å². The molecule has 0 spiro atoms. The summed E-state index contributed by atoms with van der Waals surface area (Å²) < 4.78 is 11.2. The molecule has 5 heteroatoms. The number of hydrogen-bond acceptors (Lipinski definition) is 3. The van der Waals surface area contributed by atoms with Crippen LogP contribution in [-0.2, 0) is 9.53 Å². The van der Waals surface area contributed by atoms with Gasteiger partial charge in [0.1, 0.15) is 5.75 Å². The fourth-order valence-corrected chi connectivity index (χ4v) is 4.55. The van der Waals surface area contributed by atoms with Gasteiger partial charge < -0.3 is 19.4 Å². The number of aromatic nitrogens is 1. The molecule has 0 bridgehead atoms. The molecule has 1 aliphatic rings. The van der Waals surface area contributed by atoms with Crippen molar-refractivity contribution in [3.05, 3.63) is 65.2 Å². The zero-order valence-corrected chi connectivity index (χ0v) is 19.6. The second-order valence-electron chi connectivity index (χ2n) is 8.67. The predicted molar refractivity (Wildman–Crippen MR) is 129 cm³/mol. The Bertz CT molecular complexity index is 1160. The second kappa shape index (κ2) is 9.21. The van der Waals surface area contributed by atoms with E-state index in [2.05, 4.69) is 36.2 Å². The van der Waals surface area contributed by atoms with E-state index in [4.69, 9.17) is 9.47 Å². The lowest BCUT2D eigenvalue weighted by Crippen LogP contribution is -2.32. The van der Waals surface area contributed by atoms with Gasteiger partial charge in [-0.1, -0.05) is 30.3 Å². The fraction of sp³-hybridized carbons (Fsp3) is 0.370. The van der Waals surface area contributed by atoms with Gasteiger partial charge in [0.15, 0.2) is 0 Å². The van der Waals surface area contributed by atoms with Crippen LogP contribution in [0.1, 0.15) is 45.7 Å². The standard InChI is InChI=1S/C27H32N2O3/c1-17(2)32-15-9-14-29-26(18(3)19(4)27(29)30)24-22-12-6-7-13-23(22)28-25(24)20-10-8-11-21(16-20)31-5/h6-8,10-13,16-17,26,28H,9,14-15H2,1-5H3/t26-/m1/s1. The maximum atomic E-state index is 13.2. The van der Waals surface area contributed by atoms with Crippen molar-refractivity contribution in [2.24, 2.45) is 0 Å². The van der Waals surface area contributed by atoms with Crippen molar-refractivity contribution < 1.29 is 14.3 Å². The molecule has 1 atom stereocenters. The fourth-order valence-electron chi connectivity index (χ4n) is 4.55. The number of ether oxygens (including phenoxy) is 2. The third-order valence-corrected chi connectivity index (χ3v) is 6.27. The van der Waals surface area contributed by atoms with Gasteiger partial charge in [0.2, 0.25) is 5.91 Å². The topological polar surface area (TPSA) is 54.6 Å². The second-order valence-corrected chi connectivity index (χ2v) is 8.67. The minimum absolute atomic E-state index is 0.110. The van der Waals surface area contributed by atoms with Crippen LogP contribution in [0.5, 0.6) is 5.75 Å². The molecule has 0 saturated carbocycles. The maximum Gasteiger partial charge on any atom is 0.250 e. The third-order valence-electron chi connectivity index (χ3n) is 6.27. The number of para-hydroxylation sites is 1. The summed E-state index contributed by atoms with van der Waals surface area (Å²) in [7, 11) is 1.68. The molecule has 32 heavy (non-hydrogen) atoms. The van der Waals surface area contributed by atoms with E-state index in [1.54, 1.807) is 7.11 Å². The van der Waals surface area contributed by atoms with E-state index < -0.39 is 0 Å². The molecule has 2 heterocycles. The van der Waals surface area contributed by atoms with E-state index in [9.17, 15) is 4.79 Å². The zero-order chi connectivity index (χ0) is 22.8. The average molecular weight is 433 g/mol. The molecule has 168 valence electrons. The molecule has 1 aliphatic heterocycles. The Hall–Kier alpha value is -3.05. The lowest BCUT2D eigenvalue weighted by molar-refractivity contribution is -0.127. The smallest absolute Gasteiger partial charge is 0.250 e. The molecule has 4 rings (SSSR count). The Morgan fingerprint density at radius 1 is 1.09 bits per heavy atom. The van der Waals surface area contributed by atoms with E-state index >= 15 is 0 Å². The number of amides is 1. The predicted octanol–water partition coefficient (Wildman–Crippen LogP) is 5.88. The average Bonchev–Trinajstić information content (AvgIpc) is 3.27. The van der Waals surface area contributed by atoms with Gasteiger partial charge in [0.25, 0.3) is 0 Å². The van der Waals surface area contributed by atoms with Gasteiger partial charge in [-0.2, -0.15) is 0 Å². The summed E-state index contributed by atoms with van der Waals surface area (Å²) in [6.45, 7) is 9.39. The highest BCUT2D eigenvalue weighted by Crippen LogP contribution is 2.45. The molecule has 1 aromatic heterocycles. The van der Waals surface area contributed by atoms with Gasteiger partial charge in [-0.05, 0) is 57.9 Å². The molecule has 0 saturated heterocycles. The molecule has 1 N–H and O–H groups in total. The molecule has 0 radical (unpaired) electrons. The molecular weight excluding hydrogens is 400 g/mol. The van der Waals surface area contributed by atoms with Crippen LogP contribution in [0.2, 0.25) is 0 Å². The number of rotatable bonds is 8. The van der Waals surface area contributed by atoms with Crippen molar-refractivity contribution in [3.8, 4) is 17.0 Å². The Kier molecular flexibility index (Phi) is 6.38. The van der Waals surface area contributed by atoms with Gasteiger partial charge >= 0.3 is 0 Å². The van der Waals surface area contributed by atoms with Crippen LogP contribution in [0.4, 0.5) is 0 Å². The Morgan fingerprint density at radius 3 is 2.62 bits per heavy atom. The van der Waals surface area contributed by atoms with Crippen molar-refractivity contribution in [1.82, 2.24) is 9.88 Å². The number of nitrogens with zero attached hydrogens (tertiary/aromatic N) is 1. The highest BCUT2D eigenvalue weighted by molar-refractivity contribution is 6.00. The number of methoxy groups -OCH3 is 1. The van der Waals surface area contributed by atoms with E-state index in [0.29, 0.717) is 13.2 Å². The van der Waals surface area contributed by atoms with Crippen LogP contribution < -0.4 is 4.74 Å². The van der Waals surface area contributed by atoms with Gasteiger partial charge in [-0.25, -0.2) is 0 Å². The number of hydrogen-bond donors (Lipinski definition) is 1. The van der Waals surface area contributed by atoms with Crippen LogP contribution >= 0.6 is 0 Å². The highest BCUT2D eigenvalue weighted by Gasteiger charge is 2.38. The van der Waals surface area contributed by atoms with Crippen LogP contribution in [0, 0.1) is 0 Å². The summed E-state index contributed by atoms with van der Waals surface area (Å²) in [5.41, 5.74) is 6.22. The highest BCUT2D eigenvalue weighted by atomic mass is 16.5. The van der Waals surface area contributed by atoms with E-state index in [-0.39, 0.29) is 18.1 Å².